The van der Waals surface area contributed by atoms with Crippen molar-refractivity contribution in [2.45, 2.75) is 46.8 Å². The lowest BCUT2D eigenvalue weighted by Gasteiger charge is -2.18. The summed E-state index contributed by atoms with van der Waals surface area (Å²) in [5, 5.41) is 2.85. The fourth-order valence-corrected chi connectivity index (χ4v) is 1.46. The van der Waals surface area contributed by atoms with Gasteiger partial charge in [-0.3, -0.25) is 4.79 Å². The molecule has 1 atom stereocenters. The van der Waals surface area contributed by atoms with E-state index in [0.717, 1.165) is 12.8 Å². The molecule has 0 aliphatic heterocycles. The first-order chi connectivity index (χ1) is 7.65. The Labute approximate surface area is 98.7 Å². The number of hydrogen-bond donors (Lipinski definition) is 1. The smallest absolute Gasteiger partial charge is 0.223 e. The lowest BCUT2D eigenvalue weighted by molar-refractivity contribution is -0.142. The number of ether oxygens (including phenoxy) is 2. The molecule has 0 aliphatic carbocycles. The summed E-state index contributed by atoms with van der Waals surface area (Å²) in [6, 6.07) is 0. The van der Waals surface area contributed by atoms with Gasteiger partial charge in [-0.05, 0) is 20.3 Å². The van der Waals surface area contributed by atoms with Crippen LogP contribution in [0.3, 0.4) is 0 Å². The van der Waals surface area contributed by atoms with Crippen LogP contribution in [0, 0.1) is 5.92 Å². The van der Waals surface area contributed by atoms with Crippen LogP contribution in [-0.2, 0) is 14.3 Å². The van der Waals surface area contributed by atoms with Gasteiger partial charge in [0.1, 0.15) is 0 Å². The molecule has 1 amide bonds. The summed E-state index contributed by atoms with van der Waals surface area (Å²) in [4.78, 5) is 11.6. The summed E-state index contributed by atoms with van der Waals surface area (Å²) >= 11 is 0. The van der Waals surface area contributed by atoms with E-state index in [9.17, 15) is 4.79 Å². The Bertz CT molecular complexity index is 179. The maximum absolute atomic E-state index is 11.6. The molecular formula is C12H25NO3. The molecule has 0 aliphatic rings. The Hall–Kier alpha value is -0.610. The van der Waals surface area contributed by atoms with Crippen LogP contribution in [0.1, 0.15) is 40.5 Å². The van der Waals surface area contributed by atoms with Crippen LogP contribution < -0.4 is 5.32 Å². The summed E-state index contributed by atoms with van der Waals surface area (Å²) in [6.45, 7) is 9.44. The van der Waals surface area contributed by atoms with Crippen molar-refractivity contribution >= 4 is 5.91 Å². The zero-order valence-electron chi connectivity index (χ0n) is 10.9. The normalized spacial score (nSPS) is 12.8. The molecule has 96 valence electrons. The van der Waals surface area contributed by atoms with Crippen LogP contribution in [0.15, 0.2) is 0 Å². The third-order valence-corrected chi connectivity index (χ3v) is 2.32. The summed E-state index contributed by atoms with van der Waals surface area (Å²) in [6.07, 6.45) is 1.61. The Balaban J connectivity index is 3.85. The van der Waals surface area contributed by atoms with E-state index in [1.54, 1.807) is 0 Å². The fraction of sp³-hybridized carbons (Fsp3) is 0.917. The van der Waals surface area contributed by atoms with E-state index in [4.69, 9.17) is 9.47 Å². The minimum Gasteiger partial charge on any atom is -0.351 e. The van der Waals surface area contributed by atoms with Gasteiger partial charge in [0, 0.05) is 19.1 Å². The molecule has 0 saturated heterocycles. The summed E-state index contributed by atoms with van der Waals surface area (Å²) in [5.41, 5.74) is 0. The molecule has 0 aromatic carbocycles. The van der Waals surface area contributed by atoms with E-state index < -0.39 is 0 Å². The zero-order valence-corrected chi connectivity index (χ0v) is 10.9. The first kappa shape index (κ1) is 15.4. The van der Waals surface area contributed by atoms with E-state index in [-0.39, 0.29) is 18.1 Å². The molecule has 0 aromatic rings. The molecule has 0 aromatic heterocycles. The van der Waals surface area contributed by atoms with Crippen molar-refractivity contribution in [3.8, 4) is 0 Å². The van der Waals surface area contributed by atoms with Crippen molar-refractivity contribution in [3.05, 3.63) is 0 Å². The Kier molecular flexibility index (Phi) is 9.24. The largest absolute Gasteiger partial charge is 0.351 e. The van der Waals surface area contributed by atoms with E-state index in [2.05, 4.69) is 12.2 Å². The number of hydrogen-bond acceptors (Lipinski definition) is 3. The third-order valence-electron chi connectivity index (χ3n) is 2.32. The molecule has 4 heteroatoms. The molecule has 0 saturated carbocycles. The van der Waals surface area contributed by atoms with E-state index in [0.29, 0.717) is 19.8 Å². The molecule has 0 radical (unpaired) electrons. The van der Waals surface area contributed by atoms with Gasteiger partial charge in [0.05, 0.1) is 6.54 Å². The average Bonchev–Trinajstić information content (AvgIpc) is 2.26. The van der Waals surface area contributed by atoms with Crippen molar-refractivity contribution < 1.29 is 14.3 Å². The average molecular weight is 231 g/mol. The highest BCUT2D eigenvalue weighted by atomic mass is 16.7. The van der Waals surface area contributed by atoms with E-state index >= 15 is 0 Å². The van der Waals surface area contributed by atoms with Gasteiger partial charge in [0.25, 0.3) is 0 Å². The number of carbonyl (C=O) groups excluding carboxylic acids is 1. The lowest BCUT2D eigenvalue weighted by Crippen LogP contribution is -2.38. The van der Waals surface area contributed by atoms with Gasteiger partial charge in [-0.15, -0.1) is 0 Å². The second-order valence-electron chi connectivity index (χ2n) is 3.78. The third kappa shape index (κ3) is 6.80. The van der Waals surface area contributed by atoms with Gasteiger partial charge in [0.15, 0.2) is 6.29 Å². The summed E-state index contributed by atoms with van der Waals surface area (Å²) < 4.78 is 10.7. The highest BCUT2D eigenvalue weighted by molar-refractivity contribution is 5.78. The van der Waals surface area contributed by atoms with Crippen molar-refractivity contribution in [1.29, 1.82) is 0 Å². The lowest BCUT2D eigenvalue weighted by atomic mass is 10.1. The number of rotatable bonds is 9. The van der Waals surface area contributed by atoms with Crippen LogP contribution in [-0.4, -0.2) is 32.0 Å². The Morgan fingerprint density at radius 1 is 1.19 bits per heavy atom. The van der Waals surface area contributed by atoms with Crippen LogP contribution in [0.5, 0.6) is 0 Å². The first-order valence-corrected chi connectivity index (χ1v) is 6.16. The molecule has 0 spiro atoms. The van der Waals surface area contributed by atoms with Crippen LogP contribution >= 0.6 is 0 Å². The minimum atomic E-state index is -0.326. The second kappa shape index (κ2) is 9.60. The summed E-state index contributed by atoms with van der Waals surface area (Å²) in [5.74, 6) is 0.139. The molecule has 0 bridgehead atoms. The number of amides is 1. The molecule has 16 heavy (non-hydrogen) atoms. The standard InChI is InChI=1S/C12H25NO3/c1-5-8-10(4)12(14)13-9-11(15-6-2)16-7-3/h10-11H,5-9H2,1-4H3,(H,13,14). The molecule has 1 unspecified atom stereocenters. The van der Waals surface area contributed by atoms with E-state index in [1.807, 2.05) is 20.8 Å². The molecule has 1 N–H and O–H groups in total. The van der Waals surface area contributed by atoms with Gasteiger partial charge in [0.2, 0.25) is 5.91 Å². The van der Waals surface area contributed by atoms with Crippen molar-refractivity contribution in [2.24, 2.45) is 5.92 Å². The van der Waals surface area contributed by atoms with Gasteiger partial charge in [-0.1, -0.05) is 20.3 Å². The zero-order chi connectivity index (χ0) is 12.4. The maximum Gasteiger partial charge on any atom is 0.223 e. The quantitative estimate of drug-likeness (QED) is 0.617. The predicted molar refractivity (Wildman–Crippen MR) is 64.1 cm³/mol. The predicted octanol–water partition coefficient (Wildman–Crippen LogP) is 1.94. The number of nitrogens with one attached hydrogen (secondary N) is 1. The SMILES string of the molecule is CCCC(C)C(=O)NCC(OCC)OCC. The van der Waals surface area contributed by atoms with Crippen molar-refractivity contribution in [3.63, 3.8) is 0 Å². The van der Waals surface area contributed by atoms with Crippen molar-refractivity contribution in [1.82, 2.24) is 5.32 Å². The molecule has 0 heterocycles. The minimum absolute atomic E-state index is 0.0638. The number of carbonyl (C=O) groups is 1. The molecule has 0 fully saturated rings. The molecule has 4 nitrogen and oxygen atoms in total. The highest BCUT2D eigenvalue weighted by Gasteiger charge is 2.14. The Morgan fingerprint density at radius 2 is 1.75 bits per heavy atom. The monoisotopic (exact) mass is 231 g/mol. The van der Waals surface area contributed by atoms with Gasteiger partial charge >= 0.3 is 0 Å². The molecular weight excluding hydrogens is 206 g/mol. The summed E-state index contributed by atoms with van der Waals surface area (Å²) in [7, 11) is 0. The topological polar surface area (TPSA) is 47.6 Å². The molecule has 0 rings (SSSR count). The first-order valence-electron chi connectivity index (χ1n) is 6.16. The second-order valence-corrected chi connectivity index (χ2v) is 3.78. The van der Waals surface area contributed by atoms with Crippen LogP contribution in [0.2, 0.25) is 0 Å². The Morgan fingerprint density at radius 3 is 2.19 bits per heavy atom. The maximum atomic E-state index is 11.6. The van der Waals surface area contributed by atoms with Crippen LogP contribution in [0.4, 0.5) is 0 Å². The van der Waals surface area contributed by atoms with Gasteiger partial charge in [-0.2, -0.15) is 0 Å². The van der Waals surface area contributed by atoms with Gasteiger partial charge < -0.3 is 14.8 Å². The van der Waals surface area contributed by atoms with Gasteiger partial charge in [-0.25, -0.2) is 0 Å². The fourth-order valence-electron chi connectivity index (χ4n) is 1.46. The van der Waals surface area contributed by atoms with Crippen molar-refractivity contribution in [2.75, 3.05) is 19.8 Å². The van der Waals surface area contributed by atoms with Crippen LogP contribution in [0.25, 0.3) is 0 Å². The highest BCUT2D eigenvalue weighted by Crippen LogP contribution is 2.04. The van der Waals surface area contributed by atoms with E-state index in [1.165, 1.54) is 0 Å².